The van der Waals surface area contributed by atoms with Gasteiger partial charge in [0.05, 0.1) is 0 Å². The fourth-order valence-electron chi connectivity index (χ4n) is 3.19. The summed E-state index contributed by atoms with van der Waals surface area (Å²) < 4.78 is 10.8. The molecule has 0 heterocycles. The van der Waals surface area contributed by atoms with E-state index in [1.165, 1.54) is 37.5 Å². The summed E-state index contributed by atoms with van der Waals surface area (Å²) in [4.78, 5) is 0. The van der Waals surface area contributed by atoms with E-state index in [4.69, 9.17) is 9.47 Å². The molecule has 4 rings (SSSR count). The zero-order valence-corrected chi connectivity index (χ0v) is 14.7. The van der Waals surface area contributed by atoms with Crippen LogP contribution in [0.4, 0.5) is 0 Å². The lowest BCUT2D eigenvalue weighted by atomic mass is 10.00. The number of ether oxygens (including phenoxy) is 2. The summed E-state index contributed by atoms with van der Waals surface area (Å²) in [7, 11) is 3.83. The number of hydrogen-bond acceptors (Lipinski definition) is 2. The lowest BCUT2D eigenvalue weighted by Crippen LogP contribution is -2.31. The first-order chi connectivity index (χ1) is 11.8. The molecule has 2 radical (unpaired) electrons. The summed E-state index contributed by atoms with van der Waals surface area (Å²) >= 11 is 0. The van der Waals surface area contributed by atoms with E-state index in [1.54, 1.807) is 14.2 Å². The molecule has 0 aliphatic rings. The Morgan fingerprint density at radius 3 is 1.92 bits per heavy atom. The Hall–Kier alpha value is -2.20. The molecule has 2 nitrogen and oxygen atoms in total. The molecule has 0 fully saturated rings. The van der Waals surface area contributed by atoms with Crippen molar-refractivity contribution in [3.63, 3.8) is 0 Å². The summed E-state index contributed by atoms with van der Waals surface area (Å²) in [5, 5.41) is 8.90. The van der Waals surface area contributed by atoms with Crippen molar-refractivity contribution in [1.29, 1.82) is 0 Å². The van der Waals surface area contributed by atoms with Crippen LogP contribution < -0.4 is 5.19 Å². The van der Waals surface area contributed by atoms with Crippen LogP contribution in [-0.2, 0) is 9.47 Å². The van der Waals surface area contributed by atoms with Crippen LogP contribution in [0.3, 0.4) is 0 Å². The predicted molar refractivity (Wildman–Crippen MR) is 102 cm³/mol. The van der Waals surface area contributed by atoms with E-state index in [9.17, 15) is 0 Å². The second-order valence-corrected chi connectivity index (χ2v) is 7.17. The molecule has 118 valence electrons. The maximum atomic E-state index is 5.39. The van der Waals surface area contributed by atoms with Crippen molar-refractivity contribution in [2.45, 2.75) is 5.91 Å². The van der Waals surface area contributed by atoms with Gasteiger partial charge in [0, 0.05) is 14.2 Å². The lowest BCUT2D eigenvalue weighted by Gasteiger charge is -2.14. The molecule has 0 spiro atoms. The van der Waals surface area contributed by atoms with Crippen LogP contribution in [0.5, 0.6) is 0 Å². The molecular formula is C21H18O2Si. The van der Waals surface area contributed by atoms with Gasteiger partial charge >= 0.3 is 0 Å². The van der Waals surface area contributed by atoms with E-state index >= 15 is 0 Å². The first-order valence-corrected chi connectivity index (χ1v) is 9.03. The van der Waals surface area contributed by atoms with Crippen LogP contribution in [0.15, 0.2) is 66.7 Å². The number of methoxy groups -OCH3 is 2. The highest BCUT2D eigenvalue weighted by molar-refractivity contribution is 6.58. The standard InChI is InChI=1S/C21H18O2Si/c1-22-21(23-2)24-20-9-5-8-16-12-17-10-14-6-3-4-7-15(14)11-18(17)13-19(16)20/h3-13,21H,1-2H3. The number of fused-ring (bicyclic) bond motifs is 3. The first kappa shape index (κ1) is 15.3. The average Bonchev–Trinajstić information content (AvgIpc) is 2.62. The van der Waals surface area contributed by atoms with E-state index in [2.05, 4.69) is 66.7 Å². The molecular weight excluding hydrogens is 312 g/mol. The highest BCUT2D eigenvalue weighted by Gasteiger charge is 2.12. The fraction of sp³-hybridized carbons (Fsp3) is 0.143. The van der Waals surface area contributed by atoms with Crippen molar-refractivity contribution in [2.75, 3.05) is 14.2 Å². The van der Waals surface area contributed by atoms with Gasteiger partial charge in [0.1, 0.15) is 5.91 Å². The third-order valence-electron chi connectivity index (χ3n) is 4.40. The predicted octanol–water partition coefficient (Wildman–Crippen LogP) is 4.05. The number of hydrogen-bond donors (Lipinski definition) is 0. The van der Waals surface area contributed by atoms with E-state index in [-0.39, 0.29) is 5.91 Å². The van der Waals surface area contributed by atoms with Crippen LogP contribution in [0, 0.1) is 0 Å². The van der Waals surface area contributed by atoms with Crippen LogP contribution >= 0.6 is 0 Å². The minimum absolute atomic E-state index is 0.192. The Morgan fingerprint density at radius 2 is 1.25 bits per heavy atom. The second-order valence-electron chi connectivity index (χ2n) is 5.87. The van der Waals surface area contributed by atoms with Gasteiger partial charge in [0.2, 0.25) is 0 Å². The molecule has 0 bridgehead atoms. The number of benzene rings is 4. The molecule has 3 heteroatoms. The van der Waals surface area contributed by atoms with Crippen LogP contribution in [0.1, 0.15) is 0 Å². The maximum absolute atomic E-state index is 5.39. The summed E-state index contributed by atoms with van der Waals surface area (Å²) in [6.45, 7) is 0. The topological polar surface area (TPSA) is 18.5 Å². The molecule has 4 aromatic rings. The SMILES string of the molecule is COC(OC)[Si]c1cccc2cc3cc4ccccc4cc3cc12. The highest BCUT2D eigenvalue weighted by atomic mass is 28.2. The molecule has 24 heavy (non-hydrogen) atoms. The van der Waals surface area contributed by atoms with E-state index in [0.29, 0.717) is 9.52 Å². The van der Waals surface area contributed by atoms with Crippen molar-refractivity contribution >= 4 is 47.0 Å². The largest absolute Gasteiger partial charge is 0.360 e. The zero-order chi connectivity index (χ0) is 16.5. The van der Waals surface area contributed by atoms with Gasteiger partial charge in [-0.05, 0) is 56.6 Å². The van der Waals surface area contributed by atoms with Crippen molar-refractivity contribution in [3.05, 3.63) is 66.7 Å². The van der Waals surface area contributed by atoms with Gasteiger partial charge in [0.15, 0.2) is 9.52 Å². The number of rotatable bonds is 4. The Bertz CT molecular complexity index is 1020. The molecule has 0 aliphatic carbocycles. The molecule has 0 amide bonds. The van der Waals surface area contributed by atoms with Gasteiger partial charge in [-0.25, -0.2) is 0 Å². The Balaban J connectivity index is 1.93. The van der Waals surface area contributed by atoms with Crippen LogP contribution in [0.2, 0.25) is 0 Å². The van der Waals surface area contributed by atoms with Crippen LogP contribution in [-0.4, -0.2) is 29.7 Å². The van der Waals surface area contributed by atoms with E-state index in [1.807, 2.05) is 0 Å². The minimum atomic E-state index is -0.192. The van der Waals surface area contributed by atoms with Gasteiger partial charge in [-0.3, -0.25) is 0 Å². The van der Waals surface area contributed by atoms with Crippen molar-refractivity contribution in [1.82, 2.24) is 0 Å². The molecule has 0 saturated heterocycles. The average molecular weight is 330 g/mol. The fourth-order valence-corrected chi connectivity index (χ4v) is 4.24. The Kier molecular flexibility index (Phi) is 4.06. The Morgan fingerprint density at radius 1 is 0.667 bits per heavy atom. The van der Waals surface area contributed by atoms with Crippen molar-refractivity contribution in [3.8, 4) is 0 Å². The van der Waals surface area contributed by atoms with Gasteiger partial charge in [0.25, 0.3) is 0 Å². The Labute approximate surface area is 143 Å². The summed E-state index contributed by atoms with van der Waals surface area (Å²) in [5.41, 5.74) is 0. The molecule has 0 N–H and O–H groups in total. The first-order valence-electron chi connectivity index (χ1n) is 7.96. The van der Waals surface area contributed by atoms with Crippen molar-refractivity contribution in [2.24, 2.45) is 0 Å². The zero-order valence-electron chi connectivity index (χ0n) is 13.7. The molecule has 4 aromatic carbocycles. The van der Waals surface area contributed by atoms with Crippen LogP contribution in [0.25, 0.3) is 32.3 Å². The second kappa shape index (κ2) is 6.36. The quantitative estimate of drug-likeness (QED) is 0.319. The van der Waals surface area contributed by atoms with E-state index < -0.39 is 0 Å². The van der Waals surface area contributed by atoms with Gasteiger partial charge in [-0.15, -0.1) is 0 Å². The summed E-state index contributed by atoms with van der Waals surface area (Å²) in [5.74, 6) is -0.192. The smallest absolute Gasteiger partial charge is 0.157 e. The lowest BCUT2D eigenvalue weighted by molar-refractivity contribution is -0.0429. The monoisotopic (exact) mass is 330 g/mol. The molecule has 0 aromatic heterocycles. The van der Waals surface area contributed by atoms with Crippen molar-refractivity contribution < 1.29 is 9.47 Å². The molecule has 0 aliphatic heterocycles. The molecule has 0 unspecified atom stereocenters. The normalized spacial score (nSPS) is 11.8. The van der Waals surface area contributed by atoms with Gasteiger partial charge in [-0.1, -0.05) is 47.7 Å². The third kappa shape index (κ3) is 2.71. The molecule has 0 saturated carbocycles. The minimum Gasteiger partial charge on any atom is -0.360 e. The maximum Gasteiger partial charge on any atom is 0.157 e. The van der Waals surface area contributed by atoms with Gasteiger partial charge < -0.3 is 9.47 Å². The third-order valence-corrected chi connectivity index (χ3v) is 5.86. The summed E-state index contributed by atoms with van der Waals surface area (Å²) in [6.07, 6.45) is 0. The van der Waals surface area contributed by atoms with E-state index in [0.717, 1.165) is 0 Å². The molecule has 0 atom stereocenters. The highest BCUT2D eigenvalue weighted by Crippen LogP contribution is 2.26. The van der Waals surface area contributed by atoms with Gasteiger partial charge in [-0.2, -0.15) is 0 Å². The summed E-state index contributed by atoms with van der Waals surface area (Å²) in [6, 6.07) is 24.1.